The number of nitrogens with zero attached hydrogens (tertiary/aromatic N) is 6. The lowest BCUT2D eigenvalue weighted by molar-refractivity contribution is -0.185. The van der Waals surface area contributed by atoms with E-state index in [4.69, 9.17) is 23.9 Å². The van der Waals surface area contributed by atoms with Crippen LogP contribution in [0.2, 0.25) is 0 Å². The van der Waals surface area contributed by atoms with Crippen LogP contribution < -0.4 is 0 Å². The van der Waals surface area contributed by atoms with Crippen molar-refractivity contribution in [2.75, 3.05) is 40.5 Å². The number of fused-ring (bicyclic) bond motifs is 4. The first kappa shape index (κ1) is 35.4. The number of aryl methyl sites for hydroxylation is 1. The Kier molecular flexibility index (Phi) is 9.68. The fourth-order valence-corrected chi connectivity index (χ4v) is 6.51. The SMILES string of the molecule is CC[C@@]1(OC(=O)COC(C)(C)CCOC(C)(C)CCn2cc(CN(C)C)nn2)C(=O)OCC2=C1C=C1c3nc4ccccc4cc3C(=O)N1C2. The molecular weight excluding hydrogens is 640 g/mol. The number of amides is 1. The Balaban J connectivity index is 1.07. The summed E-state index contributed by atoms with van der Waals surface area (Å²) in [6, 6.07) is 9.45. The van der Waals surface area contributed by atoms with E-state index in [0.29, 0.717) is 47.7 Å². The van der Waals surface area contributed by atoms with Crippen molar-refractivity contribution in [3.63, 3.8) is 0 Å². The van der Waals surface area contributed by atoms with Gasteiger partial charge in [-0.25, -0.2) is 14.6 Å². The highest BCUT2D eigenvalue weighted by molar-refractivity contribution is 6.11. The Morgan fingerprint density at radius 1 is 1.08 bits per heavy atom. The molecule has 13 heteroatoms. The maximum Gasteiger partial charge on any atom is 0.355 e. The van der Waals surface area contributed by atoms with Crippen LogP contribution in [0.5, 0.6) is 0 Å². The molecule has 13 nitrogen and oxygen atoms in total. The largest absolute Gasteiger partial charge is 0.458 e. The van der Waals surface area contributed by atoms with Crippen molar-refractivity contribution in [1.29, 1.82) is 0 Å². The van der Waals surface area contributed by atoms with Crippen molar-refractivity contribution in [2.45, 2.75) is 83.8 Å². The van der Waals surface area contributed by atoms with Crippen LogP contribution in [0.15, 0.2) is 53.8 Å². The number of hydrogen-bond donors (Lipinski definition) is 0. The van der Waals surface area contributed by atoms with Gasteiger partial charge in [0, 0.05) is 30.2 Å². The summed E-state index contributed by atoms with van der Waals surface area (Å²) in [5.41, 5.74) is 1.71. The lowest BCUT2D eigenvalue weighted by atomic mass is 9.82. The van der Waals surface area contributed by atoms with Crippen molar-refractivity contribution in [3.8, 4) is 0 Å². The van der Waals surface area contributed by atoms with Gasteiger partial charge in [-0.15, -0.1) is 5.10 Å². The van der Waals surface area contributed by atoms with E-state index in [2.05, 4.69) is 10.3 Å². The Bertz CT molecular complexity index is 1880. The highest BCUT2D eigenvalue weighted by Gasteiger charge is 2.52. The monoisotopic (exact) mass is 686 g/mol. The lowest BCUT2D eigenvalue weighted by Gasteiger charge is -2.40. The molecule has 1 atom stereocenters. The van der Waals surface area contributed by atoms with Crippen LogP contribution in [0.1, 0.15) is 75.6 Å². The molecule has 50 heavy (non-hydrogen) atoms. The van der Waals surface area contributed by atoms with Crippen molar-refractivity contribution >= 4 is 34.4 Å². The minimum Gasteiger partial charge on any atom is -0.458 e. The van der Waals surface area contributed by atoms with E-state index < -0.39 is 28.7 Å². The van der Waals surface area contributed by atoms with Crippen LogP contribution >= 0.6 is 0 Å². The molecular formula is C37H46N6O7. The average molecular weight is 687 g/mol. The topological polar surface area (TPSA) is 138 Å². The number of carbonyl (C=O) groups excluding carboxylic acids is 3. The van der Waals surface area contributed by atoms with Crippen LogP contribution in [0.4, 0.5) is 0 Å². The van der Waals surface area contributed by atoms with Crippen LogP contribution in [0.3, 0.4) is 0 Å². The van der Waals surface area contributed by atoms with Gasteiger partial charge < -0.3 is 28.7 Å². The highest BCUT2D eigenvalue weighted by Crippen LogP contribution is 2.44. The van der Waals surface area contributed by atoms with Gasteiger partial charge in [0.2, 0.25) is 5.60 Å². The summed E-state index contributed by atoms with van der Waals surface area (Å²) in [5.74, 6) is -1.51. The first-order chi connectivity index (χ1) is 23.7. The number of rotatable bonds is 14. The van der Waals surface area contributed by atoms with E-state index in [1.807, 2.05) is 87.9 Å². The number of esters is 2. The molecule has 2 aromatic heterocycles. The normalized spacial score (nSPS) is 19.0. The molecule has 0 N–H and O–H groups in total. The van der Waals surface area contributed by atoms with E-state index >= 15 is 0 Å². The van der Waals surface area contributed by atoms with Gasteiger partial charge in [-0.05, 0) is 84.8 Å². The van der Waals surface area contributed by atoms with E-state index in [9.17, 15) is 14.4 Å². The van der Waals surface area contributed by atoms with Gasteiger partial charge in [0.05, 0.1) is 46.8 Å². The quantitative estimate of drug-likeness (QED) is 0.224. The molecule has 5 heterocycles. The summed E-state index contributed by atoms with van der Waals surface area (Å²) >= 11 is 0. The zero-order chi connectivity index (χ0) is 35.8. The third kappa shape index (κ3) is 7.21. The summed E-state index contributed by atoms with van der Waals surface area (Å²) in [4.78, 5) is 48.7. The van der Waals surface area contributed by atoms with Crippen LogP contribution in [-0.4, -0.2) is 105 Å². The molecule has 0 fully saturated rings. The predicted molar refractivity (Wildman–Crippen MR) is 185 cm³/mol. The fourth-order valence-electron chi connectivity index (χ4n) is 6.51. The number of aromatic nitrogens is 4. The van der Waals surface area contributed by atoms with Gasteiger partial charge in [-0.1, -0.05) is 30.3 Å². The predicted octanol–water partition coefficient (Wildman–Crippen LogP) is 4.31. The second kappa shape index (κ2) is 13.7. The van der Waals surface area contributed by atoms with E-state index in [-0.39, 0.29) is 32.1 Å². The summed E-state index contributed by atoms with van der Waals surface area (Å²) in [7, 11) is 3.98. The van der Waals surface area contributed by atoms with Gasteiger partial charge >= 0.3 is 11.9 Å². The Morgan fingerprint density at radius 3 is 2.60 bits per heavy atom. The van der Waals surface area contributed by atoms with Gasteiger partial charge in [0.1, 0.15) is 18.9 Å². The van der Waals surface area contributed by atoms with Crippen LogP contribution in [-0.2, 0) is 41.6 Å². The minimum absolute atomic E-state index is 0.00296. The average Bonchev–Trinajstić information content (AvgIpc) is 3.63. The van der Waals surface area contributed by atoms with Gasteiger partial charge in [0.25, 0.3) is 5.91 Å². The number of ether oxygens (including phenoxy) is 4. The third-order valence-electron chi connectivity index (χ3n) is 9.46. The third-order valence-corrected chi connectivity index (χ3v) is 9.46. The first-order valence-corrected chi connectivity index (χ1v) is 17.1. The molecule has 1 aromatic carbocycles. The van der Waals surface area contributed by atoms with Crippen LogP contribution in [0.25, 0.3) is 16.6 Å². The maximum absolute atomic E-state index is 13.4. The Morgan fingerprint density at radius 2 is 1.84 bits per heavy atom. The zero-order valence-electron chi connectivity index (χ0n) is 29.9. The number of para-hydroxylation sites is 1. The van der Waals surface area contributed by atoms with Crippen LogP contribution in [0, 0.1) is 0 Å². The second-order valence-corrected chi connectivity index (χ2v) is 14.6. The van der Waals surface area contributed by atoms with Gasteiger partial charge in [0.15, 0.2) is 0 Å². The standard InChI is InChI=1S/C37H46N6O7/c1-8-37(50-31(44)23-49-36(4,5)14-16-48-35(2,3)13-15-42-21-26(39-40-42)20-41(6)7)28-18-30-32-27(17-24-11-9-10-12-29(24)38-32)33(45)43(30)19-25(28)22-47-34(37)46/h9-12,17-18,21H,8,13-16,19-20,22-23H2,1-7H3/t37-/m0/s1. The molecule has 0 saturated heterocycles. The molecule has 3 aliphatic rings. The summed E-state index contributed by atoms with van der Waals surface area (Å²) in [6.45, 7) is 11.3. The Labute approximate surface area is 292 Å². The number of hydrogen-bond acceptors (Lipinski definition) is 11. The number of pyridine rings is 1. The molecule has 0 spiro atoms. The molecule has 3 aliphatic heterocycles. The molecule has 266 valence electrons. The van der Waals surface area contributed by atoms with E-state index in [1.54, 1.807) is 17.9 Å². The fraction of sp³-hybridized carbons (Fsp3) is 0.514. The Hall–Kier alpha value is -4.46. The van der Waals surface area contributed by atoms with Crippen molar-refractivity contribution in [3.05, 3.63) is 70.7 Å². The molecule has 0 saturated carbocycles. The summed E-state index contributed by atoms with van der Waals surface area (Å²) in [5, 5.41) is 9.30. The van der Waals surface area contributed by atoms with Crippen molar-refractivity contribution in [2.24, 2.45) is 0 Å². The van der Waals surface area contributed by atoms with Crippen molar-refractivity contribution in [1.82, 2.24) is 29.8 Å². The lowest BCUT2D eigenvalue weighted by Crippen LogP contribution is -2.51. The second-order valence-electron chi connectivity index (χ2n) is 14.6. The zero-order valence-corrected chi connectivity index (χ0v) is 29.9. The molecule has 0 bridgehead atoms. The van der Waals surface area contributed by atoms with E-state index in [0.717, 1.165) is 29.6 Å². The number of cyclic esters (lactones) is 1. The highest BCUT2D eigenvalue weighted by atomic mass is 16.6. The minimum atomic E-state index is -1.68. The number of carbonyl (C=O) groups is 3. The molecule has 0 unspecified atom stereocenters. The van der Waals surface area contributed by atoms with Gasteiger partial charge in [-0.2, -0.15) is 0 Å². The summed E-state index contributed by atoms with van der Waals surface area (Å²) < 4.78 is 25.6. The molecule has 0 radical (unpaired) electrons. The summed E-state index contributed by atoms with van der Waals surface area (Å²) in [6.07, 6.45) is 5.11. The van der Waals surface area contributed by atoms with Gasteiger partial charge in [-0.3, -0.25) is 9.48 Å². The molecule has 3 aromatic rings. The van der Waals surface area contributed by atoms with E-state index in [1.165, 1.54) is 0 Å². The smallest absolute Gasteiger partial charge is 0.355 e. The molecule has 6 rings (SSSR count). The van der Waals surface area contributed by atoms with Crippen molar-refractivity contribution < 1.29 is 33.3 Å². The molecule has 0 aliphatic carbocycles. The molecule has 1 amide bonds. The number of benzene rings is 1. The maximum atomic E-state index is 13.4. The first-order valence-electron chi connectivity index (χ1n) is 17.1.